The van der Waals surface area contributed by atoms with Gasteiger partial charge in [0.25, 0.3) is 11.5 Å². The monoisotopic (exact) mass is 533 g/mol. The second-order valence-corrected chi connectivity index (χ2v) is 9.14. The number of benzene rings is 3. The number of aromatic nitrogens is 3. The van der Waals surface area contributed by atoms with E-state index in [2.05, 4.69) is 36.1 Å². The van der Waals surface area contributed by atoms with Crippen molar-refractivity contribution < 1.29 is 9.90 Å². The largest absolute Gasteiger partial charge is 0.493 e. The molecule has 10 heteroatoms. The molecule has 3 aromatic carbocycles. The summed E-state index contributed by atoms with van der Waals surface area (Å²) in [6, 6.07) is 21.6. The molecule has 0 saturated heterocycles. The molecule has 0 aliphatic rings. The predicted molar refractivity (Wildman–Crippen MR) is 135 cm³/mol. The van der Waals surface area contributed by atoms with Crippen LogP contribution in [0.25, 0.3) is 27.5 Å². The zero-order valence-corrected chi connectivity index (χ0v) is 19.9. The number of nitrogens with one attached hydrogen (secondary N) is 1. The number of fused-ring (bicyclic) bond motifs is 2. The van der Waals surface area contributed by atoms with E-state index in [1.165, 1.54) is 4.57 Å². The van der Waals surface area contributed by atoms with Gasteiger partial charge in [-0.2, -0.15) is 0 Å². The van der Waals surface area contributed by atoms with Gasteiger partial charge in [-0.15, -0.1) is 10.2 Å². The van der Waals surface area contributed by atoms with Gasteiger partial charge in [0, 0.05) is 9.86 Å². The zero-order valence-electron chi connectivity index (χ0n) is 17.5. The number of nitrogens with zero attached hydrogens (tertiary/aromatic N) is 4. The molecule has 0 saturated carbocycles. The van der Waals surface area contributed by atoms with Crippen LogP contribution in [0.2, 0.25) is 0 Å². The second-order valence-electron chi connectivity index (χ2n) is 7.28. The van der Waals surface area contributed by atoms with Gasteiger partial charge >= 0.3 is 0 Å². The van der Waals surface area contributed by atoms with Crippen molar-refractivity contribution in [3.63, 3.8) is 0 Å². The molecule has 2 N–H and O–H groups in total. The first kappa shape index (κ1) is 22.1. The normalized spacial score (nSPS) is 11.6. The van der Waals surface area contributed by atoms with Crippen LogP contribution in [0, 0.1) is 0 Å². The third-order valence-corrected chi connectivity index (χ3v) is 6.48. The summed E-state index contributed by atoms with van der Waals surface area (Å²) in [6.07, 6.45) is 0. The Hall–Kier alpha value is -3.76. The fourth-order valence-electron chi connectivity index (χ4n) is 3.51. The highest BCUT2D eigenvalue weighted by Gasteiger charge is 2.16. The first-order valence-electron chi connectivity index (χ1n) is 10.2. The van der Waals surface area contributed by atoms with Gasteiger partial charge in [0.2, 0.25) is 5.88 Å². The highest BCUT2D eigenvalue weighted by atomic mass is 79.9. The van der Waals surface area contributed by atoms with E-state index >= 15 is 0 Å². The van der Waals surface area contributed by atoms with E-state index in [4.69, 9.17) is 0 Å². The number of aromatic amines is 1. The fourth-order valence-corrected chi connectivity index (χ4v) is 4.67. The molecule has 0 bridgehead atoms. The van der Waals surface area contributed by atoms with Gasteiger partial charge in [0.15, 0.2) is 10.8 Å². The lowest BCUT2D eigenvalue weighted by atomic mass is 10.2. The molecule has 1 amide bonds. The number of carbonyl (C=O) groups excluding carboxylic acids is 1. The van der Waals surface area contributed by atoms with E-state index in [0.717, 1.165) is 16.2 Å². The number of carbonyl (C=O) groups is 1. The quantitative estimate of drug-likeness (QED) is 0.170. The number of thioether (sulfide) groups is 1. The number of azo groups is 1. The van der Waals surface area contributed by atoms with Gasteiger partial charge in [0.05, 0.1) is 27.9 Å². The van der Waals surface area contributed by atoms with E-state index < -0.39 is 5.91 Å². The Morgan fingerprint density at radius 1 is 1.06 bits per heavy atom. The summed E-state index contributed by atoms with van der Waals surface area (Å²) in [7, 11) is 0. The van der Waals surface area contributed by atoms with E-state index in [1.807, 2.05) is 30.3 Å². The summed E-state index contributed by atoms with van der Waals surface area (Å²) in [4.78, 5) is 33.2. The van der Waals surface area contributed by atoms with Crippen molar-refractivity contribution in [1.29, 1.82) is 0 Å². The molecular weight excluding hydrogens is 518 g/mol. The van der Waals surface area contributed by atoms with Crippen molar-refractivity contribution in [1.82, 2.24) is 14.5 Å². The van der Waals surface area contributed by atoms with E-state index in [-0.39, 0.29) is 22.9 Å². The highest BCUT2D eigenvalue weighted by Crippen LogP contribution is 2.35. The lowest BCUT2D eigenvalue weighted by Crippen LogP contribution is -2.22. The SMILES string of the molecule is O=C(CSc1nc2ccc(Br)cc2c(=O)n1-c1ccccc1)N=Nc1c(O)[nH]c2ccccc12. The molecule has 168 valence electrons. The van der Waals surface area contributed by atoms with Crippen LogP contribution >= 0.6 is 27.7 Å². The van der Waals surface area contributed by atoms with Crippen LogP contribution in [0.5, 0.6) is 5.88 Å². The summed E-state index contributed by atoms with van der Waals surface area (Å²) in [5.41, 5.74) is 1.82. The number of aromatic hydroxyl groups is 1. The van der Waals surface area contributed by atoms with Gasteiger partial charge in [-0.3, -0.25) is 14.2 Å². The summed E-state index contributed by atoms with van der Waals surface area (Å²) in [5.74, 6) is -0.779. The molecular formula is C24H16BrN5O3S. The second kappa shape index (κ2) is 9.24. The molecule has 0 aliphatic carbocycles. The van der Waals surface area contributed by atoms with E-state index in [0.29, 0.717) is 32.6 Å². The number of amides is 1. The summed E-state index contributed by atoms with van der Waals surface area (Å²) in [5, 5.41) is 19.3. The minimum atomic E-state index is -0.528. The Balaban J connectivity index is 1.46. The van der Waals surface area contributed by atoms with Gasteiger partial charge in [-0.25, -0.2) is 4.98 Å². The lowest BCUT2D eigenvalue weighted by molar-refractivity contribution is -0.115. The fraction of sp³-hybridized carbons (Fsp3) is 0.0417. The van der Waals surface area contributed by atoms with Gasteiger partial charge < -0.3 is 10.1 Å². The molecule has 0 radical (unpaired) electrons. The van der Waals surface area contributed by atoms with Crippen LogP contribution in [0.3, 0.4) is 0 Å². The van der Waals surface area contributed by atoms with Crippen molar-refractivity contribution in [3.05, 3.63) is 87.6 Å². The van der Waals surface area contributed by atoms with Crippen LogP contribution in [0.1, 0.15) is 0 Å². The number of para-hydroxylation sites is 2. The maximum absolute atomic E-state index is 13.3. The number of rotatable bonds is 5. The number of halogens is 1. The first-order valence-corrected chi connectivity index (χ1v) is 11.9. The van der Waals surface area contributed by atoms with Crippen molar-refractivity contribution in [2.24, 2.45) is 10.2 Å². The van der Waals surface area contributed by atoms with Crippen molar-refractivity contribution >= 4 is 61.1 Å². The molecule has 2 heterocycles. The topological polar surface area (TPSA) is 113 Å². The van der Waals surface area contributed by atoms with Crippen LogP contribution in [-0.4, -0.2) is 31.3 Å². The molecule has 0 aliphatic heterocycles. The molecule has 2 aromatic heterocycles. The third kappa shape index (κ3) is 4.25. The highest BCUT2D eigenvalue weighted by molar-refractivity contribution is 9.10. The Bertz CT molecular complexity index is 1630. The molecule has 5 rings (SSSR count). The minimum Gasteiger partial charge on any atom is -0.493 e. The Morgan fingerprint density at radius 3 is 2.65 bits per heavy atom. The molecule has 0 spiro atoms. The van der Waals surface area contributed by atoms with Crippen molar-refractivity contribution in [3.8, 4) is 11.6 Å². The van der Waals surface area contributed by atoms with Crippen molar-refractivity contribution in [2.45, 2.75) is 5.16 Å². The van der Waals surface area contributed by atoms with Crippen molar-refractivity contribution in [2.75, 3.05) is 5.75 Å². The Kier molecular flexibility index (Phi) is 5.99. The average molecular weight is 534 g/mol. The standard InChI is InChI=1S/C24H16BrN5O3S/c25-14-10-11-19-17(12-14)23(33)30(15-6-2-1-3-7-15)24(27-19)34-13-20(31)28-29-21-16-8-4-5-9-18(16)26-22(21)32/h1-12,26,32H,13H2. The summed E-state index contributed by atoms with van der Waals surface area (Å²) < 4.78 is 2.25. The Labute approximate surface area is 205 Å². The number of hydrogen-bond donors (Lipinski definition) is 2. The van der Waals surface area contributed by atoms with Gasteiger partial charge in [0.1, 0.15) is 0 Å². The molecule has 8 nitrogen and oxygen atoms in total. The van der Waals surface area contributed by atoms with Crippen LogP contribution in [0.4, 0.5) is 5.69 Å². The number of hydrogen-bond acceptors (Lipinski definition) is 6. The molecule has 34 heavy (non-hydrogen) atoms. The average Bonchev–Trinajstić information content (AvgIpc) is 3.17. The zero-order chi connectivity index (χ0) is 23.7. The Morgan fingerprint density at radius 2 is 1.82 bits per heavy atom. The van der Waals surface area contributed by atoms with E-state index in [1.54, 1.807) is 42.5 Å². The van der Waals surface area contributed by atoms with Gasteiger partial charge in [-0.1, -0.05) is 64.1 Å². The molecule has 0 fully saturated rings. The smallest absolute Gasteiger partial charge is 0.275 e. The molecule has 0 atom stereocenters. The van der Waals surface area contributed by atoms with Gasteiger partial charge in [-0.05, 0) is 36.4 Å². The summed E-state index contributed by atoms with van der Waals surface area (Å²) in [6.45, 7) is 0. The maximum Gasteiger partial charge on any atom is 0.275 e. The minimum absolute atomic E-state index is 0.0894. The summed E-state index contributed by atoms with van der Waals surface area (Å²) >= 11 is 4.50. The van der Waals surface area contributed by atoms with Crippen LogP contribution in [0.15, 0.2) is 97.4 Å². The van der Waals surface area contributed by atoms with E-state index in [9.17, 15) is 14.7 Å². The number of H-pyrrole nitrogens is 1. The first-order chi connectivity index (χ1) is 16.5. The molecule has 5 aromatic rings. The third-order valence-electron chi connectivity index (χ3n) is 5.06. The lowest BCUT2D eigenvalue weighted by Gasteiger charge is -2.12. The van der Waals surface area contributed by atoms with Crippen LogP contribution in [-0.2, 0) is 4.79 Å². The predicted octanol–water partition coefficient (Wildman–Crippen LogP) is 5.74. The molecule has 0 unspecified atom stereocenters. The van der Waals surface area contributed by atoms with Crippen LogP contribution < -0.4 is 5.56 Å². The maximum atomic E-state index is 13.3.